The van der Waals surface area contributed by atoms with Crippen LogP contribution in [0.15, 0.2) is 36.4 Å². The van der Waals surface area contributed by atoms with Gasteiger partial charge in [0, 0.05) is 29.2 Å². The van der Waals surface area contributed by atoms with E-state index in [0.29, 0.717) is 21.3 Å². The minimum atomic E-state index is -0.669. The maximum atomic E-state index is 13.5. The Kier molecular flexibility index (Phi) is 5.21. The highest BCUT2D eigenvalue weighted by Gasteiger charge is 2.34. The number of nitrogens with zero attached hydrogens (tertiary/aromatic N) is 1. The molecule has 0 aromatic heterocycles. The lowest BCUT2D eigenvalue weighted by atomic mass is 9.88. The third kappa shape index (κ3) is 3.55. The molecule has 0 bridgehead atoms. The van der Waals surface area contributed by atoms with Gasteiger partial charge >= 0.3 is 0 Å². The van der Waals surface area contributed by atoms with Crippen molar-refractivity contribution in [3.05, 3.63) is 63.4 Å². The zero-order valence-electron chi connectivity index (χ0n) is 14.2. The van der Waals surface area contributed by atoms with E-state index < -0.39 is 11.7 Å². The normalized spacial score (nSPS) is 17.3. The number of benzene rings is 2. The van der Waals surface area contributed by atoms with Crippen LogP contribution in [0.2, 0.25) is 10.0 Å². The van der Waals surface area contributed by atoms with Crippen molar-refractivity contribution >= 4 is 40.7 Å². The highest BCUT2D eigenvalue weighted by Crippen LogP contribution is 2.36. The van der Waals surface area contributed by atoms with Gasteiger partial charge in [-0.2, -0.15) is 0 Å². The van der Waals surface area contributed by atoms with Crippen molar-refractivity contribution in [1.82, 2.24) is 4.90 Å². The molecule has 1 heterocycles. The molecule has 1 aliphatic rings. The maximum Gasteiger partial charge on any atom is 0.230 e. The first-order valence-corrected chi connectivity index (χ1v) is 8.84. The third-order valence-corrected chi connectivity index (χ3v) is 5.26. The largest absolute Gasteiger partial charge is 0.338 e. The first-order chi connectivity index (χ1) is 12.3. The number of carbonyl (C=O) groups is 2. The Morgan fingerprint density at radius 2 is 2.00 bits per heavy atom. The molecule has 0 fully saturated rings. The Morgan fingerprint density at radius 1 is 1.27 bits per heavy atom. The first kappa shape index (κ1) is 18.7. The lowest BCUT2D eigenvalue weighted by Gasteiger charge is -2.32. The second-order valence-electron chi connectivity index (χ2n) is 6.33. The smallest absolute Gasteiger partial charge is 0.230 e. The van der Waals surface area contributed by atoms with Crippen molar-refractivity contribution in [2.75, 3.05) is 12.4 Å². The van der Waals surface area contributed by atoms with Crippen LogP contribution in [-0.2, 0) is 9.59 Å². The highest BCUT2D eigenvalue weighted by atomic mass is 35.5. The molecule has 136 valence electrons. The number of amides is 2. The molecular formula is C19H17Cl2FN2O2. The number of halogens is 3. The molecule has 2 amide bonds. The maximum absolute atomic E-state index is 13.5. The number of hydrogen-bond acceptors (Lipinski definition) is 2. The van der Waals surface area contributed by atoms with Gasteiger partial charge in [-0.15, -0.1) is 0 Å². The quantitative estimate of drug-likeness (QED) is 0.814. The van der Waals surface area contributed by atoms with E-state index in [0.717, 1.165) is 5.56 Å². The molecular weight excluding hydrogens is 378 g/mol. The van der Waals surface area contributed by atoms with Gasteiger partial charge in [0.1, 0.15) is 5.82 Å². The van der Waals surface area contributed by atoms with E-state index in [1.165, 1.54) is 12.1 Å². The standard InChI is InChI=1S/C19H17Cl2FN2O2/c1-10(13-5-3-11(20)7-16(13)21)24(2)19(26)15-9-18(25)23-17-8-12(22)4-6-14(15)17/h3-8,10,15H,9H2,1-2H3,(H,23,25). The zero-order valence-corrected chi connectivity index (χ0v) is 15.7. The van der Waals surface area contributed by atoms with Gasteiger partial charge in [-0.1, -0.05) is 35.3 Å². The van der Waals surface area contributed by atoms with E-state index in [2.05, 4.69) is 5.32 Å². The predicted molar refractivity (Wildman–Crippen MR) is 100 cm³/mol. The molecule has 0 aliphatic carbocycles. The second-order valence-corrected chi connectivity index (χ2v) is 7.17. The molecule has 2 aromatic carbocycles. The summed E-state index contributed by atoms with van der Waals surface area (Å²) in [6, 6.07) is 8.85. The number of nitrogens with one attached hydrogen (secondary N) is 1. The molecule has 2 aromatic rings. The molecule has 7 heteroatoms. The topological polar surface area (TPSA) is 49.4 Å². The monoisotopic (exact) mass is 394 g/mol. The van der Waals surface area contributed by atoms with E-state index in [4.69, 9.17) is 23.2 Å². The fourth-order valence-electron chi connectivity index (χ4n) is 3.14. The highest BCUT2D eigenvalue weighted by molar-refractivity contribution is 6.35. The van der Waals surface area contributed by atoms with Crippen LogP contribution < -0.4 is 5.32 Å². The Bertz CT molecular complexity index is 888. The summed E-state index contributed by atoms with van der Waals surface area (Å²) in [5.74, 6) is -1.68. The molecule has 0 saturated carbocycles. The van der Waals surface area contributed by atoms with E-state index in [-0.39, 0.29) is 24.3 Å². The van der Waals surface area contributed by atoms with Crippen LogP contribution in [0.1, 0.15) is 36.4 Å². The van der Waals surface area contributed by atoms with Gasteiger partial charge in [0.25, 0.3) is 0 Å². The summed E-state index contributed by atoms with van der Waals surface area (Å²) in [6.07, 6.45) is 0.0167. The minimum Gasteiger partial charge on any atom is -0.338 e. The van der Waals surface area contributed by atoms with Crippen LogP contribution in [-0.4, -0.2) is 23.8 Å². The Labute approximate surface area is 160 Å². The summed E-state index contributed by atoms with van der Waals surface area (Å²) in [6.45, 7) is 1.85. The summed E-state index contributed by atoms with van der Waals surface area (Å²) >= 11 is 12.2. The average molecular weight is 395 g/mol. The molecule has 4 nitrogen and oxygen atoms in total. The summed E-state index contributed by atoms with van der Waals surface area (Å²) < 4.78 is 13.5. The van der Waals surface area contributed by atoms with Crippen molar-refractivity contribution in [2.24, 2.45) is 0 Å². The summed E-state index contributed by atoms with van der Waals surface area (Å²) in [7, 11) is 1.66. The van der Waals surface area contributed by atoms with Gasteiger partial charge in [0.2, 0.25) is 11.8 Å². The van der Waals surface area contributed by atoms with Gasteiger partial charge < -0.3 is 10.2 Å². The molecule has 0 radical (unpaired) electrons. The Morgan fingerprint density at radius 3 is 2.69 bits per heavy atom. The van der Waals surface area contributed by atoms with Crippen LogP contribution in [0.3, 0.4) is 0 Å². The number of anilines is 1. The van der Waals surface area contributed by atoms with Crippen molar-refractivity contribution in [1.29, 1.82) is 0 Å². The lowest BCUT2D eigenvalue weighted by molar-refractivity contribution is -0.135. The first-order valence-electron chi connectivity index (χ1n) is 8.09. The Hall–Kier alpha value is -2.11. The van der Waals surface area contributed by atoms with Gasteiger partial charge in [0.05, 0.1) is 12.0 Å². The third-order valence-electron chi connectivity index (χ3n) is 4.69. The summed E-state index contributed by atoms with van der Waals surface area (Å²) in [4.78, 5) is 26.6. The molecule has 2 unspecified atom stereocenters. The number of likely N-dealkylation sites (N-methyl/N-ethyl adjacent to an activating group) is 1. The SMILES string of the molecule is CC(c1ccc(Cl)cc1Cl)N(C)C(=O)C1CC(=O)Nc2cc(F)ccc21. The number of carbonyl (C=O) groups excluding carboxylic acids is 2. The minimum absolute atomic E-state index is 0.0167. The van der Waals surface area contributed by atoms with E-state index >= 15 is 0 Å². The summed E-state index contributed by atoms with van der Waals surface area (Å²) in [5, 5.41) is 3.60. The molecule has 1 N–H and O–H groups in total. The van der Waals surface area contributed by atoms with Gasteiger partial charge in [-0.3, -0.25) is 9.59 Å². The van der Waals surface area contributed by atoms with Crippen LogP contribution in [0.5, 0.6) is 0 Å². The Balaban J connectivity index is 1.90. The second kappa shape index (κ2) is 7.25. The van der Waals surface area contributed by atoms with Crippen LogP contribution in [0.25, 0.3) is 0 Å². The molecule has 2 atom stereocenters. The molecule has 0 spiro atoms. The summed E-state index contributed by atoms with van der Waals surface area (Å²) in [5.41, 5.74) is 1.70. The fourth-order valence-corrected chi connectivity index (χ4v) is 3.71. The average Bonchev–Trinajstić information content (AvgIpc) is 2.58. The van der Waals surface area contributed by atoms with Crippen LogP contribution in [0, 0.1) is 5.82 Å². The van der Waals surface area contributed by atoms with E-state index in [1.807, 2.05) is 6.92 Å². The molecule has 1 aliphatic heterocycles. The van der Waals surface area contributed by atoms with E-state index in [1.54, 1.807) is 36.2 Å². The fraction of sp³-hybridized carbons (Fsp3) is 0.263. The number of hydrogen-bond donors (Lipinski definition) is 1. The number of rotatable bonds is 3. The lowest BCUT2D eigenvalue weighted by Crippen LogP contribution is -2.37. The van der Waals surface area contributed by atoms with Crippen LogP contribution in [0.4, 0.5) is 10.1 Å². The predicted octanol–water partition coefficient (Wildman–Crippen LogP) is 4.78. The van der Waals surface area contributed by atoms with Crippen LogP contribution >= 0.6 is 23.2 Å². The molecule has 0 saturated heterocycles. The van der Waals surface area contributed by atoms with E-state index in [9.17, 15) is 14.0 Å². The van der Waals surface area contributed by atoms with Gasteiger partial charge in [-0.05, 0) is 42.3 Å². The van der Waals surface area contributed by atoms with Gasteiger partial charge in [0.15, 0.2) is 0 Å². The van der Waals surface area contributed by atoms with Crippen molar-refractivity contribution < 1.29 is 14.0 Å². The molecule has 3 rings (SSSR count). The van der Waals surface area contributed by atoms with Crippen molar-refractivity contribution in [3.8, 4) is 0 Å². The number of fused-ring (bicyclic) bond motifs is 1. The zero-order chi connectivity index (χ0) is 19.0. The van der Waals surface area contributed by atoms with Crippen molar-refractivity contribution in [3.63, 3.8) is 0 Å². The van der Waals surface area contributed by atoms with Crippen molar-refractivity contribution in [2.45, 2.75) is 25.3 Å². The molecule has 26 heavy (non-hydrogen) atoms. The van der Waals surface area contributed by atoms with Gasteiger partial charge in [-0.25, -0.2) is 4.39 Å².